The number of hydrogen-bond donors (Lipinski definition) is 2. The summed E-state index contributed by atoms with van der Waals surface area (Å²) in [4.78, 5) is 16.4. The zero-order valence-corrected chi connectivity index (χ0v) is 14.9. The Labute approximate surface area is 154 Å². The normalized spacial score (nSPS) is 15.6. The molecular formula is C19H19FN6O. The van der Waals surface area contributed by atoms with Gasteiger partial charge in [-0.1, -0.05) is 0 Å². The van der Waals surface area contributed by atoms with E-state index in [2.05, 4.69) is 25.3 Å². The molecular weight excluding hydrogens is 347 g/mol. The van der Waals surface area contributed by atoms with E-state index in [0.29, 0.717) is 17.6 Å². The van der Waals surface area contributed by atoms with Gasteiger partial charge >= 0.3 is 0 Å². The Kier molecular flexibility index (Phi) is 3.78. The van der Waals surface area contributed by atoms with Crippen molar-refractivity contribution in [2.75, 3.05) is 18.5 Å². The van der Waals surface area contributed by atoms with Crippen LogP contribution < -0.4 is 5.32 Å². The summed E-state index contributed by atoms with van der Waals surface area (Å²) < 4.78 is 21.5. The van der Waals surface area contributed by atoms with Gasteiger partial charge in [-0.15, -0.1) is 0 Å². The molecule has 2 N–H and O–H groups in total. The van der Waals surface area contributed by atoms with Crippen molar-refractivity contribution >= 4 is 22.6 Å². The fraction of sp³-hybridized carbons (Fsp3) is 0.316. The lowest BCUT2D eigenvalue weighted by molar-refractivity contribution is 0.0903. The largest absolute Gasteiger partial charge is 0.381 e. The van der Waals surface area contributed by atoms with Crippen LogP contribution in [0.1, 0.15) is 18.5 Å². The molecule has 27 heavy (non-hydrogen) atoms. The number of fused-ring (bicyclic) bond motifs is 2. The van der Waals surface area contributed by atoms with Gasteiger partial charge in [0.1, 0.15) is 5.65 Å². The standard InChI is InChI=1S/C19H19FN6O/c1-11-9-26-10-12(6-16(20)18(26)23-11)14-7-21-17-15(14)8-22-19(25-17)24-13-2-4-27-5-3-13/h6-10,13H,2-5H2,1H3,(H2,21,22,24,25). The topological polar surface area (TPSA) is 80.1 Å². The number of halogens is 1. The van der Waals surface area contributed by atoms with Crippen molar-refractivity contribution in [2.45, 2.75) is 25.8 Å². The minimum absolute atomic E-state index is 0.326. The Morgan fingerprint density at radius 3 is 2.96 bits per heavy atom. The lowest BCUT2D eigenvalue weighted by atomic mass is 10.1. The zero-order chi connectivity index (χ0) is 18.4. The maximum Gasteiger partial charge on any atom is 0.224 e. The highest BCUT2D eigenvalue weighted by Gasteiger charge is 2.16. The van der Waals surface area contributed by atoms with Crippen molar-refractivity contribution in [1.82, 2.24) is 24.3 Å². The van der Waals surface area contributed by atoms with Crippen LogP contribution in [0, 0.1) is 12.7 Å². The molecule has 0 aromatic carbocycles. The Bertz CT molecular complexity index is 1130. The SMILES string of the molecule is Cc1cn2cc(-c3c[nH]c4nc(NC5CCOCC5)ncc34)cc(F)c2n1. The van der Waals surface area contributed by atoms with Crippen LogP contribution in [0.4, 0.5) is 10.3 Å². The Morgan fingerprint density at radius 1 is 1.26 bits per heavy atom. The summed E-state index contributed by atoms with van der Waals surface area (Å²) in [6.45, 7) is 3.36. The highest BCUT2D eigenvalue weighted by Crippen LogP contribution is 2.29. The second kappa shape index (κ2) is 6.31. The molecule has 1 aliphatic heterocycles. The van der Waals surface area contributed by atoms with Crippen molar-refractivity contribution in [2.24, 2.45) is 0 Å². The van der Waals surface area contributed by atoms with E-state index in [1.165, 1.54) is 6.07 Å². The lowest BCUT2D eigenvalue weighted by Gasteiger charge is -2.22. The molecule has 0 amide bonds. The molecule has 0 unspecified atom stereocenters. The molecule has 0 atom stereocenters. The van der Waals surface area contributed by atoms with Crippen LogP contribution in [0.15, 0.2) is 30.9 Å². The van der Waals surface area contributed by atoms with Crippen LogP contribution >= 0.6 is 0 Å². The van der Waals surface area contributed by atoms with Gasteiger partial charge in [-0.2, -0.15) is 4.98 Å². The number of aryl methyl sites for hydroxylation is 1. The minimum Gasteiger partial charge on any atom is -0.381 e. The first-order valence-electron chi connectivity index (χ1n) is 9.01. The quantitative estimate of drug-likeness (QED) is 0.581. The molecule has 5 heterocycles. The second-order valence-electron chi connectivity index (χ2n) is 6.88. The number of anilines is 1. The van der Waals surface area contributed by atoms with E-state index >= 15 is 0 Å². The molecule has 0 bridgehead atoms. The molecule has 0 radical (unpaired) electrons. The number of rotatable bonds is 3. The molecule has 5 rings (SSSR count). The van der Waals surface area contributed by atoms with Crippen molar-refractivity contribution in [3.63, 3.8) is 0 Å². The number of imidazole rings is 1. The van der Waals surface area contributed by atoms with Gasteiger partial charge < -0.3 is 19.4 Å². The zero-order valence-electron chi connectivity index (χ0n) is 14.9. The molecule has 1 aliphatic rings. The molecule has 138 valence electrons. The van der Waals surface area contributed by atoms with Crippen LogP contribution in [0.3, 0.4) is 0 Å². The summed E-state index contributed by atoms with van der Waals surface area (Å²) >= 11 is 0. The predicted molar refractivity (Wildman–Crippen MR) is 100 cm³/mol. The summed E-state index contributed by atoms with van der Waals surface area (Å²) in [5.74, 6) is 0.239. The van der Waals surface area contributed by atoms with Crippen LogP contribution in [-0.2, 0) is 4.74 Å². The van der Waals surface area contributed by atoms with E-state index in [0.717, 1.165) is 53.9 Å². The van der Waals surface area contributed by atoms with Gasteiger partial charge in [0.15, 0.2) is 11.5 Å². The molecule has 1 fully saturated rings. The molecule has 8 heteroatoms. The van der Waals surface area contributed by atoms with Crippen LogP contribution in [0.25, 0.3) is 27.8 Å². The van der Waals surface area contributed by atoms with E-state index in [-0.39, 0.29) is 5.82 Å². The molecule has 0 aliphatic carbocycles. The highest BCUT2D eigenvalue weighted by molar-refractivity contribution is 5.93. The summed E-state index contributed by atoms with van der Waals surface area (Å²) in [7, 11) is 0. The van der Waals surface area contributed by atoms with Gasteiger partial charge in [-0.25, -0.2) is 14.4 Å². The van der Waals surface area contributed by atoms with Crippen LogP contribution in [0.5, 0.6) is 0 Å². The van der Waals surface area contributed by atoms with Gasteiger partial charge in [-0.05, 0) is 25.8 Å². The third-order valence-corrected chi connectivity index (χ3v) is 4.92. The Balaban J connectivity index is 1.51. The number of ether oxygens (including phenoxy) is 1. The first-order valence-corrected chi connectivity index (χ1v) is 9.01. The van der Waals surface area contributed by atoms with E-state index in [1.807, 2.05) is 25.5 Å². The number of hydrogen-bond acceptors (Lipinski definition) is 5. The van der Waals surface area contributed by atoms with Gasteiger partial charge in [0.05, 0.1) is 5.69 Å². The molecule has 7 nitrogen and oxygen atoms in total. The number of nitrogens with one attached hydrogen (secondary N) is 2. The average Bonchev–Trinajstić information content (AvgIpc) is 3.25. The number of nitrogens with zero attached hydrogens (tertiary/aromatic N) is 4. The van der Waals surface area contributed by atoms with E-state index in [4.69, 9.17) is 4.74 Å². The Morgan fingerprint density at radius 2 is 2.11 bits per heavy atom. The maximum atomic E-state index is 14.4. The lowest BCUT2D eigenvalue weighted by Crippen LogP contribution is -2.28. The molecule has 4 aromatic rings. The first kappa shape index (κ1) is 16.2. The van der Waals surface area contributed by atoms with Crippen LogP contribution in [-0.4, -0.2) is 43.6 Å². The third-order valence-electron chi connectivity index (χ3n) is 4.92. The average molecular weight is 366 g/mol. The van der Waals surface area contributed by atoms with Crippen molar-refractivity contribution < 1.29 is 9.13 Å². The predicted octanol–water partition coefficient (Wildman–Crippen LogP) is 3.31. The summed E-state index contributed by atoms with van der Waals surface area (Å²) in [6.07, 6.45) is 9.18. The summed E-state index contributed by atoms with van der Waals surface area (Å²) in [5.41, 5.74) is 3.43. The van der Waals surface area contributed by atoms with E-state index in [9.17, 15) is 4.39 Å². The first-order chi connectivity index (χ1) is 13.2. The number of aromatic amines is 1. The fourth-order valence-corrected chi connectivity index (χ4v) is 3.57. The summed E-state index contributed by atoms with van der Waals surface area (Å²) in [5, 5.41) is 4.21. The molecule has 4 aromatic heterocycles. The number of aromatic nitrogens is 5. The van der Waals surface area contributed by atoms with Gasteiger partial charge in [0.25, 0.3) is 0 Å². The van der Waals surface area contributed by atoms with Crippen molar-refractivity contribution in [1.29, 1.82) is 0 Å². The molecule has 1 saturated heterocycles. The smallest absolute Gasteiger partial charge is 0.224 e. The van der Waals surface area contributed by atoms with Gasteiger partial charge in [0, 0.05) is 60.6 Å². The van der Waals surface area contributed by atoms with E-state index < -0.39 is 0 Å². The number of H-pyrrole nitrogens is 1. The monoisotopic (exact) mass is 366 g/mol. The molecule has 0 saturated carbocycles. The van der Waals surface area contributed by atoms with Crippen molar-refractivity contribution in [3.8, 4) is 11.1 Å². The van der Waals surface area contributed by atoms with Gasteiger partial charge in [0.2, 0.25) is 5.95 Å². The fourth-order valence-electron chi connectivity index (χ4n) is 3.57. The maximum absolute atomic E-state index is 14.4. The van der Waals surface area contributed by atoms with E-state index in [1.54, 1.807) is 10.6 Å². The highest BCUT2D eigenvalue weighted by atomic mass is 19.1. The molecule has 0 spiro atoms. The Hall–Kier alpha value is -3.00. The second-order valence-corrected chi connectivity index (χ2v) is 6.88. The van der Waals surface area contributed by atoms with Gasteiger partial charge in [-0.3, -0.25) is 0 Å². The van der Waals surface area contributed by atoms with Crippen LogP contribution in [0.2, 0.25) is 0 Å². The third kappa shape index (κ3) is 2.91. The van der Waals surface area contributed by atoms with Crippen molar-refractivity contribution in [3.05, 3.63) is 42.4 Å². The minimum atomic E-state index is -0.353. The summed E-state index contributed by atoms with van der Waals surface area (Å²) in [6, 6.07) is 1.82. The number of pyridine rings is 1.